The van der Waals surface area contributed by atoms with Gasteiger partial charge in [-0.25, -0.2) is 4.98 Å². The molecule has 2 heterocycles. The van der Waals surface area contributed by atoms with E-state index in [9.17, 15) is 4.79 Å². The number of aryl methyl sites for hydroxylation is 1. The first-order chi connectivity index (χ1) is 6.20. The topological polar surface area (TPSA) is 34.4 Å². The second-order valence-corrected chi connectivity index (χ2v) is 3.87. The van der Waals surface area contributed by atoms with Crippen LogP contribution in [-0.2, 0) is 0 Å². The van der Waals surface area contributed by atoms with Crippen molar-refractivity contribution in [3.63, 3.8) is 0 Å². The van der Waals surface area contributed by atoms with Crippen molar-refractivity contribution in [3.8, 4) is 0 Å². The molecule has 3 nitrogen and oxygen atoms in total. The van der Waals surface area contributed by atoms with E-state index >= 15 is 0 Å². The molecule has 0 spiro atoms. The molecule has 2 rings (SSSR count). The smallest absolute Gasteiger partial charge is 0.257 e. The van der Waals surface area contributed by atoms with E-state index in [4.69, 9.17) is 0 Å². The van der Waals surface area contributed by atoms with Crippen LogP contribution in [0.15, 0.2) is 29.3 Å². The van der Waals surface area contributed by atoms with Gasteiger partial charge in [0.15, 0.2) is 5.65 Å². The van der Waals surface area contributed by atoms with Gasteiger partial charge in [-0.1, -0.05) is 0 Å². The number of hydrogen-bond donors (Lipinski definition) is 0. The number of pyridine rings is 1. The normalized spacial score (nSPS) is 10.6. The van der Waals surface area contributed by atoms with Crippen LogP contribution in [-0.4, -0.2) is 9.38 Å². The van der Waals surface area contributed by atoms with Crippen molar-refractivity contribution in [1.82, 2.24) is 9.38 Å². The van der Waals surface area contributed by atoms with Gasteiger partial charge < -0.3 is 0 Å². The fourth-order valence-electron chi connectivity index (χ4n) is 1.16. The molecule has 0 aliphatic rings. The maximum absolute atomic E-state index is 11.4. The second-order valence-electron chi connectivity index (χ2n) is 2.79. The van der Waals surface area contributed by atoms with Crippen LogP contribution in [0.2, 0.25) is 0 Å². The molecule has 2 aromatic heterocycles. The Morgan fingerprint density at radius 1 is 1.46 bits per heavy atom. The molecule has 0 bridgehead atoms. The average Bonchev–Trinajstić information content (AvgIpc) is 2.12. The van der Waals surface area contributed by atoms with Crippen LogP contribution in [0, 0.1) is 10.5 Å². The maximum atomic E-state index is 11.4. The molecule has 0 aliphatic heterocycles. The molecule has 2 aromatic rings. The third kappa shape index (κ3) is 1.35. The van der Waals surface area contributed by atoms with Crippen molar-refractivity contribution in [2.75, 3.05) is 0 Å². The van der Waals surface area contributed by atoms with Gasteiger partial charge in [0.2, 0.25) is 0 Å². The lowest BCUT2D eigenvalue weighted by Gasteiger charge is -2.03. The summed E-state index contributed by atoms with van der Waals surface area (Å²) in [5, 5.41) is 0. The van der Waals surface area contributed by atoms with Crippen molar-refractivity contribution >= 4 is 28.2 Å². The van der Waals surface area contributed by atoms with Crippen LogP contribution in [0.4, 0.5) is 0 Å². The molecule has 0 N–H and O–H groups in total. The Morgan fingerprint density at radius 2 is 2.23 bits per heavy atom. The second kappa shape index (κ2) is 3.10. The Morgan fingerprint density at radius 3 is 3.00 bits per heavy atom. The first-order valence-corrected chi connectivity index (χ1v) is 4.90. The third-order valence-electron chi connectivity index (χ3n) is 1.90. The Labute approximate surface area is 88.6 Å². The van der Waals surface area contributed by atoms with Crippen LogP contribution in [0.5, 0.6) is 0 Å². The molecule has 0 saturated heterocycles. The van der Waals surface area contributed by atoms with E-state index < -0.39 is 0 Å². The first-order valence-electron chi connectivity index (χ1n) is 3.82. The number of fused-ring (bicyclic) bond motifs is 1. The Bertz CT molecular complexity index is 518. The zero-order valence-electron chi connectivity index (χ0n) is 6.99. The fraction of sp³-hybridized carbons (Fsp3) is 0.111. The maximum Gasteiger partial charge on any atom is 0.257 e. The summed E-state index contributed by atoms with van der Waals surface area (Å²) in [6, 6.07) is 3.37. The highest BCUT2D eigenvalue weighted by Gasteiger charge is 2.02. The molecule has 0 radical (unpaired) electrons. The minimum absolute atomic E-state index is 0.0390. The van der Waals surface area contributed by atoms with Crippen LogP contribution in [0.3, 0.4) is 0 Å². The van der Waals surface area contributed by atoms with E-state index in [2.05, 4.69) is 27.6 Å². The number of aromatic nitrogens is 2. The van der Waals surface area contributed by atoms with Crippen molar-refractivity contribution in [2.45, 2.75) is 6.92 Å². The summed E-state index contributed by atoms with van der Waals surface area (Å²) < 4.78 is 2.58. The third-order valence-corrected chi connectivity index (χ3v) is 3.23. The summed E-state index contributed by atoms with van der Waals surface area (Å²) in [6.07, 6.45) is 3.29. The lowest BCUT2D eigenvalue weighted by molar-refractivity contribution is 1.03. The van der Waals surface area contributed by atoms with Crippen LogP contribution < -0.4 is 5.56 Å². The van der Waals surface area contributed by atoms with Gasteiger partial charge in [0.25, 0.3) is 5.56 Å². The van der Waals surface area contributed by atoms with E-state index in [-0.39, 0.29) is 5.56 Å². The molecular weight excluding hydrogens is 279 g/mol. The number of halogens is 1. The van der Waals surface area contributed by atoms with Gasteiger partial charge in [-0.15, -0.1) is 0 Å². The van der Waals surface area contributed by atoms with E-state index in [1.165, 1.54) is 6.07 Å². The van der Waals surface area contributed by atoms with Gasteiger partial charge in [-0.3, -0.25) is 9.20 Å². The van der Waals surface area contributed by atoms with Crippen LogP contribution >= 0.6 is 22.6 Å². The van der Waals surface area contributed by atoms with Crippen molar-refractivity contribution in [1.29, 1.82) is 0 Å². The molecular formula is C9H7IN2O. The quantitative estimate of drug-likeness (QED) is 0.689. The molecule has 0 atom stereocenters. The number of nitrogens with zero attached hydrogens (tertiary/aromatic N) is 2. The molecule has 0 aliphatic carbocycles. The number of rotatable bonds is 0. The molecule has 0 unspecified atom stereocenters. The standard InChI is InChI=1S/C9H7IN2O/c1-6-3-5-12-7(13)2-4-11-9(12)8(6)10/h2-5H,1H3. The lowest BCUT2D eigenvalue weighted by atomic mass is 10.3. The number of hydrogen-bond acceptors (Lipinski definition) is 2. The van der Waals surface area contributed by atoms with Gasteiger partial charge >= 0.3 is 0 Å². The van der Waals surface area contributed by atoms with E-state index in [1.807, 2.05) is 13.0 Å². The molecule has 0 aromatic carbocycles. The Kier molecular flexibility index (Phi) is 2.07. The lowest BCUT2D eigenvalue weighted by Crippen LogP contribution is -2.13. The van der Waals surface area contributed by atoms with Gasteiger partial charge in [0, 0.05) is 18.5 Å². The highest BCUT2D eigenvalue weighted by molar-refractivity contribution is 14.1. The van der Waals surface area contributed by atoms with Gasteiger partial charge in [-0.2, -0.15) is 0 Å². The summed E-state index contributed by atoms with van der Waals surface area (Å²) in [5.74, 6) is 0. The Balaban J connectivity index is 3.03. The summed E-state index contributed by atoms with van der Waals surface area (Å²) in [5.41, 5.74) is 1.83. The van der Waals surface area contributed by atoms with Gasteiger partial charge in [0.05, 0.1) is 3.57 Å². The van der Waals surface area contributed by atoms with Crippen LogP contribution in [0.25, 0.3) is 5.65 Å². The summed E-state index contributed by atoms with van der Waals surface area (Å²) in [6.45, 7) is 2.00. The highest BCUT2D eigenvalue weighted by Crippen LogP contribution is 2.13. The van der Waals surface area contributed by atoms with E-state index in [0.717, 1.165) is 14.8 Å². The van der Waals surface area contributed by atoms with E-state index in [0.29, 0.717) is 0 Å². The van der Waals surface area contributed by atoms with Crippen LogP contribution in [0.1, 0.15) is 5.56 Å². The monoisotopic (exact) mass is 286 g/mol. The first kappa shape index (κ1) is 8.68. The van der Waals surface area contributed by atoms with Gasteiger partial charge in [0.1, 0.15) is 0 Å². The average molecular weight is 286 g/mol. The summed E-state index contributed by atoms with van der Waals surface area (Å²) in [7, 11) is 0. The molecule has 0 saturated carbocycles. The predicted molar refractivity (Wildman–Crippen MR) is 58.9 cm³/mol. The minimum Gasteiger partial charge on any atom is -0.269 e. The zero-order chi connectivity index (χ0) is 9.42. The van der Waals surface area contributed by atoms with Crippen molar-refractivity contribution < 1.29 is 0 Å². The molecule has 0 fully saturated rings. The fourth-order valence-corrected chi connectivity index (χ4v) is 1.74. The summed E-state index contributed by atoms with van der Waals surface area (Å²) >= 11 is 2.20. The summed E-state index contributed by atoms with van der Waals surface area (Å²) in [4.78, 5) is 15.5. The van der Waals surface area contributed by atoms with Crippen molar-refractivity contribution in [3.05, 3.63) is 44.0 Å². The van der Waals surface area contributed by atoms with Gasteiger partial charge in [-0.05, 0) is 41.1 Å². The zero-order valence-corrected chi connectivity index (χ0v) is 9.15. The largest absolute Gasteiger partial charge is 0.269 e. The van der Waals surface area contributed by atoms with E-state index in [1.54, 1.807) is 16.8 Å². The SMILES string of the molecule is Cc1ccn2c(=O)ccnc2c1I. The molecule has 66 valence electrons. The molecule has 4 heteroatoms. The van der Waals surface area contributed by atoms with Crippen molar-refractivity contribution in [2.24, 2.45) is 0 Å². The molecule has 13 heavy (non-hydrogen) atoms. The molecule has 0 amide bonds. The highest BCUT2D eigenvalue weighted by atomic mass is 127. The minimum atomic E-state index is -0.0390. The predicted octanol–water partition coefficient (Wildman–Crippen LogP) is 1.61. The Hall–Kier alpha value is -0.910.